The van der Waals surface area contributed by atoms with Crippen molar-refractivity contribution >= 4 is 16.7 Å². The molecule has 0 spiro atoms. The van der Waals surface area contributed by atoms with Crippen molar-refractivity contribution in [3.05, 3.63) is 95.8 Å². The fourth-order valence-corrected chi connectivity index (χ4v) is 4.35. The number of aromatic nitrogens is 1. The minimum Gasteiger partial charge on any atom is -0.497 e. The van der Waals surface area contributed by atoms with Gasteiger partial charge in [-0.2, -0.15) is 0 Å². The van der Waals surface area contributed by atoms with Gasteiger partial charge in [0.25, 0.3) is 0 Å². The normalized spacial score (nSPS) is 12.0. The molecule has 0 saturated heterocycles. The summed E-state index contributed by atoms with van der Waals surface area (Å²) in [6, 6.07) is 22.7. The zero-order chi connectivity index (χ0) is 24.1. The molecule has 0 fully saturated rings. The van der Waals surface area contributed by atoms with Gasteiger partial charge in [0.2, 0.25) is 5.91 Å². The number of benzene rings is 3. The summed E-state index contributed by atoms with van der Waals surface area (Å²) in [4.78, 5) is 17.3. The van der Waals surface area contributed by atoms with E-state index in [-0.39, 0.29) is 11.8 Å². The van der Waals surface area contributed by atoms with Crippen molar-refractivity contribution < 1.29 is 9.53 Å². The van der Waals surface area contributed by atoms with Gasteiger partial charge in [0.15, 0.2) is 0 Å². The van der Waals surface area contributed by atoms with Gasteiger partial charge in [-0.15, -0.1) is 0 Å². The molecule has 0 bridgehead atoms. The van der Waals surface area contributed by atoms with E-state index in [1.165, 1.54) is 5.56 Å². The summed E-state index contributed by atoms with van der Waals surface area (Å²) in [6.07, 6.45) is 4.73. The second kappa shape index (κ2) is 10.5. The molecule has 34 heavy (non-hydrogen) atoms. The van der Waals surface area contributed by atoms with Crippen LogP contribution in [0.2, 0.25) is 0 Å². The van der Waals surface area contributed by atoms with Crippen LogP contribution >= 0.6 is 0 Å². The molecule has 1 aromatic heterocycles. The molecule has 1 atom stereocenters. The molecule has 0 radical (unpaired) electrons. The van der Waals surface area contributed by atoms with Crippen LogP contribution in [0.25, 0.3) is 21.9 Å². The highest BCUT2D eigenvalue weighted by molar-refractivity contribution is 5.98. The highest BCUT2D eigenvalue weighted by Gasteiger charge is 2.16. The van der Waals surface area contributed by atoms with E-state index < -0.39 is 0 Å². The maximum atomic E-state index is 12.9. The molecule has 0 aliphatic carbocycles. The summed E-state index contributed by atoms with van der Waals surface area (Å²) >= 11 is 0. The lowest BCUT2D eigenvalue weighted by atomic mass is 9.95. The third-order valence-electron chi connectivity index (χ3n) is 6.26. The van der Waals surface area contributed by atoms with Crippen molar-refractivity contribution in [3.8, 4) is 16.9 Å². The first-order valence-corrected chi connectivity index (χ1v) is 11.8. The number of hydrogen-bond acceptors (Lipinski definition) is 3. The molecular weight excluding hydrogens is 420 g/mol. The largest absolute Gasteiger partial charge is 0.497 e. The molecule has 1 amide bonds. The van der Waals surface area contributed by atoms with Crippen LogP contribution in [-0.2, 0) is 17.8 Å². The number of pyridine rings is 1. The van der Waals surface area contributed by atoms with Crippen LogP contribution in [0, 0.1) is 5.92 Å². The van der Waals surface area contributed by atoms with E-state index in [4.69, 9.17) is 4.74 Å². The van der Waals surface area contributed by atoms with Gasteiger partial charge in [0.05, 0.1) is 13.0 Å². The number of hydrogen-bond donors (Lipinski definition) is 1. The smallest absolute Gasteiger partial charge is 0.227 e. The Morgan fingerprint density at radius 3 is 2.50 bits per heavy atom. The van der Waals surface area contributed by atoms with Gasteiger partial charge >= 0.3 is 0 Å². The summed E-state index contributed by atoms with van der Waals surface area (Å²) in [7, 11) is 1.67. The Hall–Kier alpha value is -3.66. The molecule has 4 heteroatoms. The molecule has 3 aromatic carbocycles. The first-order valence-electron chi connectivity index (χ1n) is 11.8. The number of fused-ring (bicyclic) bond motifs is 1. The van der Waals surface area contributed by atoms with Gasteiger partial charge < -0.3 is 10.1 Å². The fraction of sp³-hybridized carbons (Fsp3) is 0.267. The highest BCUT2D eigenvalue weighted by Crippen LogP contribution is 2.32. The maximum Gasteiger partial charge on any atom is 0.227 e. The molecule has 0 aliphatic rings. The SMILES string of the molecule is COc1cccc(-c2ccc(CNC(=O)[C@@H](C)c3ccc(CC(C)C)cc3)c3cnccc23)c1. The summed E-state index contributed by atoms with van der Waals surface area (Å²) in [6.45, 7) is 6.84. The Bertz CT molecular complexity index is 1280. The minimum atomic E-state index is -0.214. The zero-order valence-corrected chi connectivity index (χ0v) is 20.3. The Balaban J connectivity index is 1.52. The Labute approximate surface area is 202 Å². The summed E-state index contributed by atoms with van der Waals surface area (Å²) in [5.74, 6) is 1.24. The first-order chi connectivity index (χ1) is 16.5. The molecule has 4 nitrogen and oxygen atoms in total. The highest BCUT2D eigenvalue weighted by atomic mass is 16.5. The zero-order valence-electron chi connectivity index (χ0n) is 20.3. The van der Waals surface area contributed by atoms with Crippen LogP contribution in [0.1, 0.15) is 43.4 Å². The quantitative estimate of drug-likeness (QED) is 0.331. The molecule has 4 aromatic rings. The van der Waals surface area contributed by atoms with Gasteiger partial charge in [-0.25, -0.2) is 0 Å². The summed E-state index contributed by atoms with van der Waals surface area (Å²) < 4.78 is 5.40. The van der Waals surface area contributed by atoms with Crippen LogP contribution in [0.15, 0.2) is 79.1 Å². The number of rotatable bonds is 8. The second-order valence-electron chi connectivity index (χ2n) is 9.20. The first kappa shape index (κ1) is 23.5. The third kappa shape index (κ3) is 5.28. The van der Waals surface area contributed by atoms with Crippen LogP contribution in [0.5, 0.6) is 5.75 Å². The maximum absolute atomic E-state index is 12.9. The second-order valence-corrected chi connectivity index (χ2v) is 9.20. The summed E-state index contributed by atoms with van der Waals surface area (Å²) in [5, 5.41) is 5.26. The number of methoxy groups -OCH3 is 1. The van der Waals surface area contributed by atoms with Gasteiger partial charge in [0, 0.05) is 24.3 Å². The molecule has 1 heterocycles. The van der Waals surface area contributed by atoms with Gasteiger partial charge in [-0.05, 0) is 70.7 Å². The van der Waals surface area contributed by atoms with Crippen LogP contribution in [0.4, 0.5) is 0 Å². The van der Waals surface area contributed by atoms with E-state index in [2.05, 4.69) is 66.6 Å². The lowest BCUT2D eigenvalue weighted by molar-refractivity contribution is -0.122. The lowest BCUT2D eigenvalue weighted by Gasteiger charge is -2.16. The Kier molecular flexibility index (Phi) is 7.27. The number of nitrogens with one attached hydrogen (secondary N) is 1. The van der Waals surface area contributed by atoms with Gasteiger partial charge in [-0.1, -0.05) is 62.4 Å². The van der Waals surface area contributed by atoms with E-state index in [0.717, 1.165) is 45.2 Å². The molecule has 174 valence electrons. The molecule has 0 saturated carbocycles. The van der Waals surface area contributed by atoms with Crippen molar-refractivity contribution in [1.82, 2.24) is 10.3 Å². The van der Waals surface area contributed by atoms with Crippen LogP contribution in [-0.4, -0.2) is 18.0 Å². The predicted octanol–water partition coefficient (Wildman–Crippen LogP) is 6.53. The summed E-state index contributed by atoms with van der Waals surface area (Å²) in [5.41, 5.74) is 5.58. The topological polar surface area (TPSA) is 51.2 Å². The fourth-order valence-electron chi connectivity index (χ4n) is 4.35. The van der Waals surface area contributed by atoms with Crippen molar-refractivity contribution in [3.63, 3.8) is 0 Å². The number of amides is 1. The molecule has 0 aliphatic heterocycles. The minimum absolute atomic E-state index is 0.0190. The molecule has 1 N–H and O–H groups in total. The van der Waals surface area contributed by atoms with E-state index >= 15 is 0 Å². The monoisotopic (exact) mass is 452 g/mol. The van der Waals surface area contributed by atoms with Crippen molar-refractivity contribution in [1.29, 1.82) is 0 Å². The van der Waals surface area contributed by atoms with E-state index in [0.29, 0.717) is 12.5 Å². The lowest BCUT2D eigenvalue weighted by Crippen LogP contribution is -2.27. The molecular formula is C30H32N2O2. The number of nitrogens with zero attached hydrogens (tertiary/aromatic N) is 1. The van der Waals surface area contributed by atoms with Crippen LogP contribution < -0.4 is 10.1 Å². The Morgan fingerprint density at radius 2 is 1.76 bits per heavy atom. The van der Waals surface area contributed by atoms with Crippen molar-refractivity contribution in [2.24, 2.45) is 5.92 Å². The van der Waals surface area contributed by atoms with E-state index in [1.807, 2.05) is 37.4 Å². The van der Waals surface area contributed by atoms with Crippen molar-refractivity contribution in [2.45, 2.75) is 39.7 Å². The predicted molar refractivity (Wildman–Crippen MR) is 139 cm³/mol. The third-order valence-corrected chi connectivity index (χ3v) is 6.26. The molecule has 0 unspecified atom stereocenters. The van der Waals surface area contributed by atoms with Crippen LogP contribution in [0.3, 0.4) is 0 Å². The van der Waals surface area contributed by atoms with Gasteiger partial charge in [-0.3, -0.25) is 9.78 Å². The number of carbonyl (C=O) groups excluding carboxylic acids is 1. The average molecular weight is 453 g/mol. The molecule has 4 rings (SSSR count). The van der Waals surface area contributed by atoms with Crippen molar-refractivity contribution in [2.75, 3.05) is 7.11 Å². The standard InChI is InChI=1S/C30H32N2O2/c1-20(2)16-22-8-10-23(11-9-22)21(3)30(33)32-18-25-12-13-27(28-14-15-31-19-29(25)28)24-6-5-7-26(17-24)34-4/h5-15,17,19-21H,16,18H2,1-4H3,(H,32,33)/t21-/m0/s1. The number of ether oxygens (including phenoxy) is 1. The van der Waals surface area contributed by atoms with E-state index in [1.54, 1.807) is 13.3 Å². The Morgan fingerprint density at radius 1 is 0.971 bits per heavy atom. The van der Waals surface area contributed by atoms with E-state index in [9.17, 15) is 4.79 Å². The number of carbonyl (C=O) groups is 1. The van der Waals surface area contributed by atoms with Gasteiger partial charge in [0.1, 0.15) is 5.75 Å². The average Bonchev–Trinajstić information content (AvgIpc) is 2.86.